The first-order chi connectivity index (χ1) is 12.6. The third-order valence-corrected chi connectivity index (χ3v) is 4.26. The lowest BCUT2D eigenvalue weighted by atomic mass is 10.2. The van der Waals surface area contributed by atoms with E-state index in [0.29, 0.717) is 11.3 Å². The van der Waals surface area contributed by atoms with Gasteiger partial charge in [0.15, 0.2) is 17.9 Å². The lowest BCUT2D eigenvalue weighted by Crippen LogP contribution is -2.18. The highest BCUT2D eigenvalue weighted by Crippen LogP contribution is 2.29. The Morgan fingerprint density at radius 2 is 1.96 bits per heavy atom. The number of nitrogens with one attached hydrogen (secondary N) is 1. The zero-order chi connectivity index (χ0) is 18.4. The molecule has 1 heterocycles. The second-order valence-corrected chi connectivity index (χ2v) is 6.37. The Kier molecular flexibility index (Phi) is 6.00. The van der Waals surface area contributed by atoms with E-state index in [4.69, 9.17) is 18.4 Å². The largest absolute Gasteiger partial charge is 0.479 e. The summed E-state index contributed by atoms with van der Waals surface area (Å²) < 4.78 is 30.7. The van der Waals surface area contributed by atoms with Gasteiger partial charge in [-0.1, -0.05) is 42.5 Å². The van der Waals surface area contributed by atoms with Crippen molar-refractivity contribution in [2.24, 2.45) is 0 Å². The maximum Gasteiger partial charge on any atom is 0.341 e. The average Bonchev–Trinajstić information content (AvgIpc) is 3.07. The van der Waals surface area contributed by atoms with E-state index in [2.05, 4.69) is 4.72 Å². The van der Waals surface area contributed by atoms with E-state index in [-0.39, 0.29) is 13.2 Å². The smallest absolute Gasteiger partial charge is 0.341 e. The van der Waals surface area contributed by atoms with Crippen molar-refractivity contribution < 1.29 is 27.4 Å². The molecule has 136 valence electrons. The molecule has 1 aromatic heterocycles. The van der Waals surface area contributed by atoms with E-state index < -0.39 is 23.8 Å². The zero-order valence-corrected chi connectivity index (χ0v) is 14.5. The molecule has 8 heteroatoms. The van der Waals surface area contributed by atoms with Gasteiger partial charge in [0.05, 0.1) is 12.9 Å². The molecule has 0 aliphatic rings. The molecule has 0 fully saturated rings. The van der Waals surface area contributed by atoms with Crippen molar-refractivity contribution in [3.63, 3.8) is 0 Å². The van der Waals surface area contributed by atoms with Crippen molar-refractivity contribution in [2.45, 2.75) is 13.2 Å². The molecule has 0 aliphatic carbocycles. The van der Waals surface area contributed by atoms with Crippen LogP contribution in [0.25, 0.3) is 11.0 Å². The number of benzene rings is 2. The van der Waals surface area contributed by atoms with Crippen LogP contribution in [0.1, 0.15) is 11.1 Å². The summed E-state index contributed by atoms with van der Waals surface area (Å²) in [6.45, 7) is 0.0429. The molecule has 0 saturated heterocycles. The number of rotatable bonds is 9. The molecule has 3 rings (SSSR count). The predicted molar refractivity (Wildman–Crippen MR) is 95.6 cm³/mol. The minimum absolute atomic E-state index is 0.236. The molecule has 0 spiro atoms. The predicted octanol–water partition coefficient (Wildman–Crippen LogP) is 2.78. The maximum absolute atomic E-state index is 11.9. The van der Waals surface area contributed by atoms with Crippen molar-refractivity contribution in [3.8, 4) is 5.75 Å². The van der Waals surface area contributed by atoms with Gasteiger partial charge in [-0.3, -0.25) is 4.18 Å². The van der Waals surface area contributed by atoms with Crippen LogP contribution in [0.15, 0.2) is 59.2 Å². The van der Waals surface area contributed by atoms with Gasteiger partial charge in [-0.15, -0.1) is 0 Å². The first-order valence-corrected chi connectivity index (χ1v) is 8.87. The van der Waals surface area contributed by atoms with Crippen molar-refractivity contribution in [3.05, 3.63) is 65.9 Å². The standard InChI is InChI=1S/C18H17NO6S/c20-17(21)12-23-16-8-4-7-15-14(11-24-18(15)16)9-19-26(22)25-10-13-5-2-1-3-6-13/h1-8,11,19H,9-10,12H2,(H,20,21). The Morgan fingerprint density at radius 3 is 2.73 bits per heavy atom. The Balaban J connectivity index is 1.59. The van der Waals surface area contributed by atoms with Crippen molar-refractivity contribution >= 4 is 28.2 Å². The number of hydrogen-bond acceptors (Lipinski definition) is 5. The summed E-state index contributed by atoms with van der Waals surface area (Å²) in [7, 11) is 0. The monoisotopic (exact) mass is 375 g/mol. The van der Waals surface area contributed by atoms with Gasteiger partial charge in [-0.05, 0) is 11.6 Å². The number of carboxylic acids is 1. The first-order valence-electron chi connectivity index (χ1n) is 7.79. The molecule has 1 atom stereocenters. The first kappa shape index (κ1) is 18.1. The SMILES string of the molecule is O=C(O)COc1cccc2c(CNS(=O)OCc3ccccc3)coc12. The number of carboxylic acid groups (broad SMARTS) is 1. The van der Waals surface area contributed by atoms with Crippen molar-refractivity contribution in [1.82, 2.24) is 4.72 Å². The third kappa shape index (κ3) is 4.69. The summed E-state index contributed by atoms with van der Waals surface area (Å²) in [5, 5.41) is 9.47. The summed E-state index contributed by atoms with van der Waals surface area (Å²) >= 11 is -1.66. The molecule has 0 aliphatic heterocycles. The summed E-state index contributed by atoms with van der Waals surface area (Å²) in [5.74, 6) is -0.723. The Morgan fingerprint density at radius 1 is 1.15 bits per heavy atom. The van der Waals surface area contributed by atoms with E-state index in [9.17, 15) is 9.00 Å². The average molecular weight is 375 g/mol. The van der Waals surface area contributed by atoms with Crippen LogP contribution < -0.4 is 9.46 Å². The van der Waals surface area contributed by atoms with E-state index in [0.717, 1.165) is 16.5 Å². The molecule has 0 bridgehead atoms. The van der Waals surface area contributed by atoms with Crippen LogP contribution in [0.3, 0.4) is 0 Å². The second kappa shape index (κ2) is 8.61. The summed E-state index contributed by atoms with van der Waals surface area (Å²) in [6.07, 6.45) is 1.51. The van der Waals surface area contributed by atoms with Gasteiger partial charge in [-0.2, -0.15) is 0 Å². The number of ether oxygens (including phenoxy) is 1. The Hall–Kier alpha value is -2.68. The zero-order valence-electron chi connectivity index (χ0n) is 13.7. The van der Waals surface area contributed by atoms with Crippen LogP contribution in [0, 0.1) is 0 Å². The van der Waals surface area contributed by atoms with Gasteiger partial charge < -0.3 is 14.3 Å². The number of furan rings is 1. The minimum atomic E-state index is -1.66. The molecule has 3 aromatic rings. The minimum Gasteiger partial charge on any atom is -0.479 e. The van der Waals surface area contributed by atoms with E-state index in [1.54, 1.807) is 12.1 Å². The molecule has 7 nitrogen and oxygen atoms in total. The van der Waals surface area contributed by atoms with Gasteiger partial charge in [0, 0.05) is 17.5 Å². The number of fused-ring (bicyclic) bond motifs is 1. The Labute approximate surface area is 152 Å². The van der Waals surface area contributed by atoms with E-state index in [1.807, 2.05) is 36.4 Å². The fourth-order valence-corrected chi connectivity index (χ4v) is 2.95. The molecule has 0 amide bonds. The third-order valence-electron chi connectivity index (χ3n) is 3.55. The highest BCUT2D eigenvalue weighted by Gasteiger charge is 2.12. The van der Waals surface area contributed by atoms with Crippen LogP contribution in [-0.4, -0.2) is 21.9 Å². The lowest BCUT2D eigenvalue weighted by molar-refractivity contribution is -0.139. The van der Waals surface area contributed by atoms with Gasteiger partial charge in [0.1, 0.15) is 0 Å². The topological polar surface area (TPSA) is 98.0 Å². The quantitative estimate of drug-likeness (QED) is 0.597. The Bertz CT molecular complexity index is 908. The maximum atomic E-state index is 11.9. The molecule has 26 heavy (non-hydrogen) atoms. The fourth-order valence-electron chi connectivity index (χ4n) is 2.35. The van der Waals surface area contributed by atoms with E-state index in [1.165, 1.54) is 6.26 Å². The number of para-hydroxylation sites is 1. The summed E-state index contributed by atoms with van der Waals surface area (Å²) in [6, 6.07) is 14.6. The summed E-state index contributed by atoms with van der Waals surface area (Å²) in [4.78, 5) is 10.6. The van der Waals surface area contributed by atoms with Crippen molar-refractivity contribution in [2.75, 3.05) is 6.61 Å². The highest BCUT2D eigenvalue weighted by molar-refractivity contribution is 7.78. The molecule has 2 aromatic carbocycles. The van der Waals surface area contributed by atoms with Crippen LogP contribution in [-0.2, 0) is 33.4 Å². The fraction of sp³-hybridized carbons (Fsp3) is 0.167. The number of aliphatic carboxylic acids is 1. The van der Waals surface area contributed by atoms with Gasteiger partial charge in [0.2, 0.25) is 11.3 Å². The second-order valence-electron chi connectivity index (χ2n) is 5.38. The molecular formula is C18H17NO6S. The van der Waals surface area contributed by atoms with Crippen LogP contribution >= 0.6 is 0 Å². The molecule has 0 saturated carbocycles. The lowest BCUT2D eigenvalue weighted by Gasteiger charge is -2.05. The number of carbonyl (C=O) groups is 1. The van der Waals surface area contributed by atoms with E-state index >= 15 is 0 Å². The molecule has 0 radical (unpaired) electrons. The van der Waals surface area contributed by atoms with Crippen LogP contribution in [0.4, 0.5) is 0 Å². The van der Waals surface area contributed by atoms with Crippen LogP contribution in [0.5, 0.6) is 5.75 Å². The molecular weight excluding hydrogens is 358 g/mol. The highest BCUT2D eigenvalue weighted by atomic mass is 32.2. The van der Waals surface area contributed by atoms with Gasteiger partial charge in [0.25, 0.3) is 0 Å². The molecule has 1 unspecified atom stereocenters. The normalized spacial score (nSPS) is 12.2. The van der Waals surface area contributed by atoms with Gasteiger partial charge >= 0.3 is 5.97 Å². The van der Waals surface area contributed by atoms with Crippen molar-refractivity contribution in [1.29, 1.82) is 0 Å². The van der Waals surface area contributed by atoms with Crippen LogP contribution in [0.2, 0.25) is 0 Å². The summed E-state index contributed by atoms with van der Waals surface area (Å²) in [5.41, 5.74) is 2.13. The number of hydrogen-bond donors (Lipinski definition) is 2. The van der Waals surface area contributed by atoms with Gasteiger partial charge in [-0.25, -0.2) is 13.7 Å². The molecule has 2 N–H and O–H groups in total.